The van der Waals surface area contributed by atoms with E-state index in [1.54, 1.807) is 0 Å². The molecule has 19 heteroatoms. The maximum Gasteiger partial charge on any atom is 0.472 e. The van der Waals surface area contributed by atoms with Crippen LogP contribution in [0.25, 0.3) is 0 Å². The van der Waals surface area contributed by atoms with Gasteiger partial charge in [0.2, 0.25) is 0 Å². The van der Waals surface area contributed by atoms with Crippen molar-refractivity contribution in [2.45, 2.75) is 439 Å². The monoisotopic (exact) mass is 1450 g/mol. The zero-order valence-electron chi connectivity index (χ0n) is 64.8. The molecule has 0 aromatic rings. The molecular weight excluding hydrogens is 1290 g/mol. The van der Waals surface area contributed by atoms with Gasteiger partial charge in [-0.05, 0) is 37.5 Å². The second-order valence-electron chi connectivity index (χ2n) is 29.5. The van der Waals surface area contributed by atoms with Gasteiger partial charge >= 0.3 is 39.5 Å². The van der Waals surface area contributed by atoms with Crippen molar-refractivity contribution in [2.75, 3.05) is 39.6 Å². The molecule has 6 atom stereocenters. The molecular formula is C80H156O17P2. The molecule has 0 radical (unpaired) electrons. The number of rotatable bonds is 79. The molecule has 0 aliphatic carbocycles. The first-order valence-corrected chi connectivity index (χ1v) is 44.5. The van der Waals surface area contributed by atoms with Gasteiger partial charge < -0.3 is 33.8 Å². The van der Waals surface area contributed by atoms with Crippen molar-refractivity contribution >= 4 is 39.5 Å². The van der Waals surface area contributed by atoms with Crippen LogP contribution in [0.2, 0.25) is 0 Å². The lowest BCUT2D eigenvalue weighted by Crippen LogP contribution is -2.30. The summed E-state index contributed by atoms with van der Waals surface area (Å²) in [6.45, 7) is 9.62. The molecule has 0 aromatic carbocycles. The van der Waals surface area contributed by atoms with Gasteiger partial charge in [-0.3, -0.25) is 37.3 Å². The number of phosphoric ester groups is 2. The van der Waals surface area contributed by atoms with Gasteiger partial charge in [-0.2, -0.15) is 0 Å². The lowest BCUT2D eigenvalue weighted by Gasteiger charge is -2.21. The number of hydrogen-bond donors (Lipinski definition) is 3. The average Bonchev–Trinajstić information content (AvgIpc) is 1.01. The molecule has 0 aliphatic heterocycles. The number of ether oxygens (including phenoxy) is 4. The number of hydrogen-bond acceptors (Lipinski definition) is 15. The highest BCUT2D eigenvalue weighted by Gasteiger charge is 2.30. The van der Waals surface area contributed by atoms with Crippen molar-refractivity contribution < 1.29 is 80.2 Å². The SMILES string of the molecule is CCCCCCCCCCCCCCCCCCCCC(=O)OC[C@H](COP(=O)(O)OC[C@@H](O)COP(=O)(O)OC[C@@H](COC(=O)CCCCCCCCC(C)CC)OC(=O)CCCCCCCCCCCCCCC)OC(=O)CCCCCCCCCCCCCCCCCC(C)C. The first-order chi connectivity index (χ1) is 47.9. The molecule has 3 N–H and O–H groups in total. The molecule has 99 heavy (non-hydrogen) atoms. The minimum Gasteiger partial charge on any atom is -0.462 e. The smallest absolute Gasteiger partial charge is 0.462 e. The summed E-state index contributed by atoms with van der Waals surface area (Å²) in [5.41, 5.74) is 0. The fourth-order valence-electron chi connectivity index (χ4n) is 12.3. The zero-order valence-corrected chi connectivity index (χ0v) is 66.6. The Balaban J connectivity index is 5.24. The Labute approximate surface area is 607 Å². The van der Waals surface area contributed by atoms with Crippen LogP contribution in [-0.2, 0) is 65.4 Å². The standard InChI is InChI=1S/C80H156O17P2/c1-7-10-12-14-16-18-20-22-23-24-25-28-32-35-39-43-50-56-62-77(82)90-68-75(96-79(84)65-59-53-45-41-37-33-29-26-27-31-34-38-42-48-54-60-72(4)5)70-94-98(86,87)92-66-74(81)67-93-99(88,89)95-71-76(69-91-78(83)63-57-51-47-46-49-55-61-73(6)9-3)97-80(85)64-58-52-44-40-36-30-21-19-17-15-13-11-8-2/h72-76,81H,7-71H2,1-6H3,(H,86,87)(H,88,89)/t73?,74-,75-,76-/m1/s1. The predicted octanol–water partition coefficient (Wildman–Crippen LogP) is 23.9. The second-order valence-corrected chi connectivity index (χ2v) is 32.4. The fourth-order valence-corrected chi connectivity index (χ4v) is 13.9. The Bertz CT molecular complexity index is 1910. The van der Waals surface area contributed by atoms with Crippen LogP contribution < -0.4 is 0 Å². The van der Waals surface area contributed by atoms with E-state index >= 15 is 0 Å². The molecule has 0 heterocycles. The van der Waals surface area contributed by atoms with E-state index in [1.807, 2.05) is 0 Å². The maximum atomic E-state index is 13.1. The topological polar surface area (TPSA) is 237 Å². The van der Waals surface area contributed by atoms with Gasteiger partial charge in [0.1, 0.15) is 19.3 Å². The largest absolute Gasteiger partial charge is 0.472 e. The Morgan fingerprint density at radius 1 is 0.293 bits per heavy atom. The van der Waals surface area contributed by atoms with Gasteiger partial charge in [-0.15, -0.1) is 0 Å². The molecule has 0 amide bonds. The zero-order chi connectivity index (χ0) is 72.8. The van der Waals surface area contributed by atoms with Crippen molar-refractivity contribution in [1.82, 2.24) is 0 Å². The van der Waals surface area contributed by atoms with Gasteiger partial charge in [0, 0.05) is 25.7 Å². The van der Waals surface area contributed by atoms with Crippen LogP contribution in [0.1, 0.15) is 420 Å². The molecule has 0 saturated heterocycles. The minimum atomic E-state index is -4.96. The molecule has 0 spiro atoms. The van der Waals surface area contributed by atoms with Crippen LogP contribution in [0.3, 0.4) is 0 Å². The summed E-state index contributed by atoms with van der Waals surface area (Å²) < 4.78 is 68.7. The summed E-state index contributed by atoms with van der Waals surface area (Å²) in [5, 5.41) is 10.6. The van der Waals surface area contributed by atoms with Crippen LogP contribution in [-0.4, -0.2) is 96.7 Å². The fraction of sp³-hybridized carbons (Fsp3) is 0.950. The summed E-state index contributed by atoms with van der Waals surface area (Å²) in [4.78, 5) is 73.0. The lowest BCUT2D eigenvalue weighted by atomic mass is 10.00. The summed E-state index contributed by atoms with van der Waals surface area (Å²) in [6.07, 6.45) is 61.0. The highest BCUT2D eigenvalue weighted by molar-refractivity contribution is 7.47. The van der Waals surface area contributed by atoms with Crippen molar-refractivity contribution in [3.8, 4) is 0 Å². The van der Waals surface area contributed by atoms with Crippen molar-refractivity contribution in [2.24, 2.45) is 11.8 Å². The molecule has 17 nitrogen and oxygen atoms in total. The van der Waals surface area contributed by atoms with Gasteiger partial charge in [-0.1, -0.05) is 369 Å². The molecule has 0 saturated carbocycles. The van der Waals surface area contributed by atoms with E-state index in [0.717, 1.165) is 108 Å². The number of carbonyl (C=O) groups is 4. The quantitative estimate of drug-likeness (QED) is 0.0222. The second kappa shape index (κ2) is 71.7. The van der Waals surface area contributed by atoms with Gasteiger partial charge in [0.15, 0.2) is 12.2 Å². The third kappa shape index (κ3) is 72.8. The van der Waals surface area contributed by atoms with Crippen LogP contribution in [0, 0.1) is 11.8 Å². The van der Waals surface area contributed by atoms with Crippen LogP contribution in [0.15, 0.2) is 0 Å². The molecule has 3 unspecified atom stereocenters. The predicted molar refractivity (Wildman–Crippen MR) is 405 cm³/mol. The van der Waals surface area contributed by atoms with E-state index in [4.69, 9.17) is 37.0 Å². The van der Waals surface area contributed by atoms with Crippen LogP contribution in [0.4, 0.5) is 0 Å². The Hall–Kier alpha value is -1.94. The van der Waals surface area contributed by atoms with E-state index in [-0.39, 0.29) is 25.7 Å². The van der Waals surface area contributed by atoms with Crippen LogP contribution in [0.5, 0.6) is 0 Å². The van der Waals surface area contributed by atoms with Crippen molar-refractivity contribution in [3.63, 3.8) is 0 Å². The third-order valence-corrected chi connectivity index (χ3v) is 21.0. The Morgan fingerprint density at radius 2 is 0.515 bits per heavy atom. The number of esters is 4. The summed E-state index contributed by atoms with van der Waals surface area (Å²) in [6, 6.07) is 0. The molecule has 0 rings (SSSR count). The van der Waals surface area contributed by atoms with Gasteiger partial charge in [0.25, 0.3) is 0 Å². The number of aliphatic hydroxyl groups is 1. The summed E-state index contributed by atoms with van der Waals surface area (Å²) in [5.74, 6) is -0.576. The van der Waals surface area contributed by atoms with E-state index in [9.17, 15) is 43.2 Å². The number of unbranched alkanes of at least 4 members (excludes halogenated alkanes) is 48. The summed E-state index contributed by atoms with van der Waals surface area (Å²) >= 11 is 0. The lowest BCUT2D eigenvalue weighted by molar-refractivity contribution is -0.161. The molecule has 588 valence electrons. The molecule has 0 bridgehead atoms. The Kier molecular flexibility index (Phi) is 70.3. The number of aliphatic hydroxyl groups excluding tert-OH is 1. The normalized spacial score (nSPS) is 14.2. The number of carbonyl (C=O) groups excluding carboxylic acids is 4. The van der Waals surface area contributed by atoms with Gasteiger partial charge in [-0.25, -0.2) is 9.13 Å². The highest BCUT2D eigenvalue weighted by Crippen LogP contribution is 2.45. The van der Waals surface area contributed by atoms with Crippen LogP contribution >= 0.6 is 15.6 Å². The van der Waals surface area contributed by atoms with E-state index < -0.39 is 97.5 Å². The Morgan fingerprint density at radius 3 is 0.768 bits per heavy atom. The first kappa shape index (κ1) is 97.1. The number of phosphoric acid groups is 2. The third-order valence-electron chi connectivity index (χ3n) is 19.1. The molecule has 0 aliphatic rings. The van der Waals surface area contributed by atoms with Gasteiger partial charge in [0.05, 0.1) is 26.4 Å². The van der Waals surface area contributed by atoms with E-state index in [2.05, 4.69) is 41.5 Å². The molecule has 0 fully saturated rings. The summed E-state index contributed by atoms with van der Waals surface area (Å²) in [7, 11) is -9.92. The first-order valence-electron chi connectivity index (χ1n) is 41.5. The highest BCUT2D eigenvalue weighted by atomic mass is 31.2. The minimum absolute atomic E-state index is 0.107. The molecule has 0 aromatic heterocycles. The van der Waals surface area contributed by atoms with E-state index in [0.29, 0.717) is 25.7 Å². The average molecular weight is 1450 g/mol. The van der Waals surface area contributed by atoms with Crippen molar-refractivity contribution in [1.29, 1.82) is 0 Å². The van der Waals surface area contributed by atoms with Crippen molar-refractivity contribution in [3.05, 3.63) is 0 Å². The maximum absolute atomic E-state index is 13.1. The van der Waals surface area contributed by atoms with E-state index in [1.165, 1.54) is 231 Å².